The van der Waals surface area contributed by atoms with Crippen molar-refractivity contribution in [3.05, 3.63) is 31.7 Å². The molecule has 12 heavy (non-hydrogen) atoms. The predicted octanol–water partition coefficient (Wildman–Crippen LogP) is 3.93. The number of hydrogen-bond acceptors (Lipinski definition) is 1. The zero-order valence-electron chi connectivity index (χ0n) is 5.94. The van der Waals surface area contributed by atoms with Gasteiger partial charge in [0, 0.05) is 14.0 Å². The third-order valence-corrected chi connectivity index (χ3v) is 3.65. The number of nitrogens with zero attached hydrogens (tertiary/aromatic N) is 1. The molecule has 0 aliphatic carbocycles. The molecule has 0 amide bonds. The van der Waals surface area contributed by atoms with Crippen LogP contribution in [-0.2, 0) is 6.42 Å². The Bertz CT molecular complexity index is 344. The van der Waals surface area contributed by atoms with Crippen LogP contribution in [0.1, 0.15) is 5.56 Å². The highest BCUT2D eigenvalue weighted by molar-refractivity contribution is 9.13. The van der Waals surface area contributed by atoms with Crippen LogP contribution in [0.25, 0.3) is 0 Å². The highest BCUT2D eigenvalue weighted by Crippen LogP contribution is 2.30. The minimum atomic E-state index is 0.361. The van der Waals surface area contributed by atoms with Crippen LogP contribution in [0.3, 0.4) is 0 Å². The van der Waals surface area contributed by atoms with E-state index in [0.717, 1.165) is 14.5 Å². The molecular formula is C8H4Br2ClN. The fourth-order valence-electron chi connectivity index (χ4n) is 0.823. The lowest BCUT2D eigenvalue weighted by molar-refractivity contribution is 1.24. The molecule has 1 nitrogen and oxygen atoms in total. The fourth-order valence-corrected chi connectivity index (χ4v) is 2.07. The maximum Gasteiger partial charge on any atom is 0.0670 e. The molecule has 0 aliphatic heterocycles. The smallest absolute Gasteiger partial charge is 0.0670 e. The van der Waals surface area contributed by atoms with E-state index in [-0.39, 0.29) is 0 Å². The Kier molecular flexibility index (Phi) is 3.57. The molecule has 0 saturated carbocycles. The third-order valence-electron chi connectivity index (χ3n) is 1.34. The van der Waals surface area contributed by atoms with Gasteiger partial charge in [-0.15, -0.1) is 0 Å². The van der Waals surface area contributed by atoms with Crippen molar-refractivity contribution in [1.29, 1.82) is 5.26 Å². The second-order valence-corrected chi connectivity index (χ2v) is 4.28. The molecule has 1 aromatic rings. The van der Waals surface area contributed by atoms with Gasteiger partial charge in [-0.05, 0) is 49.6 Å². The van der Waals surface area contributed by atoms with Crippen LogP contribution in [-0.4, -0.2) is 0 Å². The molecule has 0 radical (unpaired) electrons. The first-order valence-electron chi connectivity index (χ1n) is 3.15. The molecule has 0 saturated heterocycles. The summed E-state index contributed by atoms with van der Waals surface area (Å²) in [5.74, 6) is 0. The highest BCUT2D eigenvalue weighted by Gasteiger charge is 2.04. The van der Waals surface area contributed by atoms with Crippen molar-refractivity contribution >= 4 is 43.5 Å². The molecular weight excluding hydrogens is 305 g/mol. The predicted molar refractivity (Wildman–Crippen MR) is 56.2 cm³/mol. The Balaban J connectivity index is 3.20. The Morgan fingerprint density at radius 3 is 2.67 bits per heavy atom. The lowest BCUT2D eigenvalue weighted by Gasteiger charge is -2.02. The van der Waals surface area contributed by atoms with Gasteiger partial charge in [-0.1, -0.05) is 11.6 Å². The summed E-state index contributed by atoms with van der Waals surface area (Å²) in [6.07, 6.45) is 0.361. The topological polar surface area (TPSA) is 23.8 Å². The van der Waals surface area contributed by atoms with Crippen LogP contribution >= 0.6 is 43.5 Å². The average Bonchev–Trinajstić information content (AvgIpc) is 2.00. The molecule has 1 aromatic carbocycles. The van der Waals surface area contributed by atoms with Gasteiger partial charge in [0.15, 0.2) is 0 Å². The lowest BCUT2D eigenvalue weighted by atomic mass is 10.2. The van der Waals surface area contributed by atoms with E-state index in [1.165, 1.54) is 0 Å². The molecule has 62 valence electrons. The number of rotatable bonds is 1. The first kappa shape index (κ1) is 10.0. The SMILES string of the molecule is N#CCc1cc(Cl)cc(Br)c1Br. The number of halogens is 3. The first-order valence-corrected chi connectivity index (χ1v) is 5.12. The summed E-state index contributed by atoms with van der Waals surface area (Å²) in [5.41, 5.74) is 0.900. The van der Waals surface area contributed by atoms with Crippen molar-refractivity contribution in [2.24, 2.45) is 0 Å². The Hall–Kier alpha value is -0.0400. The molecule has 0 N–H and O–H groups in total. The minimum Gasteiger partial charge on any atom is -0.198 e. The Morgan fingerprint density at radius 2 is 2.08 bits per heavy atom. The summed E-state index contributed by atoms with van der Waals surface area (Å²) in [7, 11) is 0. The van der Waals surface area contributed by atoms with Gasteiger partial charge < -0.3 is 0 Å². The van der Waals surface area contributed by atoms with Crippen LogP contribution in [0.4, 0.5) is 0 Å². The van der Waals surface area contributed by atoms with Crippen molar-refractivity contribution < 1.29 is 0 Å². The van der Waals surface area contributed by atoms with Gasteiger partial charge in [0.05, 0.1) is 12.5 Å². The zero-order valence-corrected chi connectivity index (χ0v) is 9.87. The average molecular weight is 309 g/mol. The van der Waals surface area contributed by atoms with Crippen molar-refractivity contribution in [3.63, 3.8) is 0 Å². The molecule has 0 aliphatic rings. The van der Waals surface area contributed by atoms with Gasteiger partial charge in [0.2, 0.25) is 0 Å². The van der Waals surface area contributed by atoms with Crippen LogP contribution in [0.2, 0.25) is 5.02 Å². The van der Waals surface area contributed by atoms with E-state index in [1.54, 1.807) is 12.1 Å². The van der Waals surface area contributed by atoms with E-state index in [2.05, 4.69) is 37.9 Å². The molecule has 0 bridgehead atoms. The normalized spacial score (nSPS) is 9.50. The monoisotopic (exact) mass is 307 g/mol. The fraction of sp³-hybridized carbons (Fsp3) is 0.125. The van der Waals surface area contributed by atoms with Crippen molar-refractivity contribution in [3.8, 4) is 6.07 Å². The Labute approximate surface area is 92.6 Å². The number of nitriles is 1. The maximum absolute atomic E-state index is 8.50. The minimum absolute atomic E-state index is 0.361. The molecule has 4 heteroatoms. The van der Waals surface area contributed by atoms with Crippen LogP contribution in [0.5, 0.6) is 0 Å². The standard InChI is InChI=1S/C8H4Br2ClN/c9-7-4-6(11)3-5(1-2-12)8(7)10/h3-4H,1H2. The maximum atomic E-state index is 8.50. The van der Waals surface area contributed by atoms with Gasteiger partial charge in [0.1, 0.15) is 0 Å². The van der Waals surface area contributed by atoms with Gasteiger partial charge >= 0.3 is 0 Å². The summed E-state index contributed by atoms with van der Waals surface area (Å²) in [6, 6.07) is 5.63. The molecule has 0 atom stereocenters. The lowest BCUT2D eigenvalue weighted by Crippen LogP contribution is -1.84. The molecule has 0 aromatic heterocycles. The van der Waals surface area contributed by atoms with Crippen LogP contribution < -0.4 is 0 Å². The second kappa shape index (κ2) is 4.27. The summed E-state index contributed by atoms with van der Waals surface area (Å²) in [4.78, 5) is 0. The van der Waals surface area contributed by atoms with Gasteiger partial charge in [-0.2, -0.15) is 5.26 Å². The van der Waals surface area contributed by atoms with E-state index in [9.17, 15) is 0 Å². The largest absolute Gasteiger partial charge is 0.198 e. The van der Waals surface area contributed by atoms with Gasteiger partial charge in [0.25, 0.3) is 0 Å². The van der Waals surface area contributed by atoms with Crippen molar-refractivity contribution in [1.82, 2.24) is 0 Å². The second-order valence-electron chi connectivity index (χ2n) is 2.20. The highest BCUT2D eigenvalue weighted by atomic mass is 79.9. The van der Waals surface area contributed by atoms with E-state index in [1.807, 2.05) is 0 Å². The van der Waals surface area contributed by atoms with E-state index < -0.39 is 0 Å². The van der Waals surface area contributed by atoms with Crippen molar-refractivity contribution in [2.75, 3.05) is 0 Å². The molecule has 0 fully saturated rings. The summed E-state index contributed by atoms with van der Waals surface area (Å²) < 4.78 is 1.77. The molecule has 0 spiro atoms. The van der Waals surface area contributed by atoms with E-state index >= 15 is 0 Å². The third kappa shape index (κ3) is 2.22. The molecule has 0 heterocycles. The molecule has 1 rings (SSSR count). The number of benzene rings is 1. The first-order chi connectivity index (χ1) is 5.65. The zero-order chi connectivity index (χ0) is 9.14. The van der Waals surface area contributed by atoms with E-state index in [4.69, 9.17) is 16.9 Å². The summed E-state index contributed by atoms with van der Waals surface area (Å²) >= 11 is 12.5. The molecule has 0 unspecified atom stereocenters. The van der Waals surface area contributed by atoms with Crippen LogP contribution in [0.15, 0.2) is 21.1 Å². The summed E-state index contributed by atoms with van der Waals surface area (Å²) in [5, 5.41) is 9.13. The quantitative estimate of drug-likeness (QED) is 0.721. The van der Waals surface area contributed by atoms with Crippen molar-refractivity contribution in [2.45, 2.75) is 6.42 Å². The van der Waals surface area contributed by atoms with Gasteiger partial charge in [-0.3, -0.25) is 0 Å². The Morgan fingerprint density at radius 1 is 1.42 bits per heavy atom. The number of hydrogen-bond donors (Lipinski definition) is 0. The van der Waals surface area contributed by atoms with E-state index in [0.29, 0.717) is 11.4 Å². The van der Waals surface area contributed by atoms with Gasteiger partial charge in [-0.25, -0.2) is 0 Å². The summed E-state index contributed by atoms with van der Waals surface area (Å²) in [6.45, 7) is 0. The van der Waals surface area contributed by atoms with Crippen LogP contribution in [0, 0.1) is 11.3 Å².